The van der Waals surface area contributed by atoms with Gasteiger partial charge in [-0.3, -0.25) is 0 Å². The summed E-state index contributed by atoms with van der Waals surface area (Å²) in [6, 6.07) is 16.4. The van der Waals surface area contributed by atoms with Crippen molar-refractivity contribution in [3.63, 3.8) is 0 Å². The number of rotatable bonds is 11. The van der Waals surface area contributed by atoms with E-state index in [2.05, 4.69) is 37.4 Å². The zero-order valence-corrected chi connectivity index (χ0v) is 14.9. The normalized spacial score (nSPS) is 10.4. The van der Waals surface area contributed by atoms with Gasteiger partial charge in [0.15, 0.2) is 0 Å². The monoisotopic (exact) mass is 327 g/mol. The second kappa shape index (κ2) is 10.6. The van der Waals surface area contributed by atoms with E-state index >= 15 is 0 Å². The Morgan fingerprint density at radius 1 is 0.833 bits per heavy atom. The molecule has 0 aliphatic rings. The maximum absolute atomic E-state index is 5.89. The third-order valence-corrected chi connectivity index (χ3v) is 3.81. The van der Waals surface area contributed by atoms with Gasteiger partial charge in [-0.05, 0) is 31.0 Å². The molecule has 3 heteroatoms. The van der Waals surface area contributed by atoms with Crippen LogP contribution in [0.3, 0.4) is 0 Å². The summed E-state index contributed by atoms with van der Waals surface area (Å²) < 4.78 is 11.7. The van der Waals surface area contributed by atoms with Crippen molar-refractivity contribution in [3.8, 4) is 11.5 Å². The molecule has 0 aromatic heterocycles. The van der Waals surface area contributed by atoms with Crippen molar-refractivity contribution >= 4 is 5.69 Å². The second-order valence-electron chi connectivity index (χ2n) is 5.89. The molecule has 2 aromatic rings. The summed E-state index contributed by atoms with van der Waals surface area (Å²) in [4.78, 5) is 0. The van der Waals surface area contributed by atoms with Gasteiger partial charge in [0.05, 0.1) is 13.2 Å². The number of hydrogen-bond donors (Lipinski definition) is 1. The minimum absolute atomic E-state index is 0.737. The van der Waals surface area contributed by atoms with E-state index < -0.39 is 0 Å². The molecule has 0 atom stereocenters. The van der Waals surface area contributed by atoms with E-state index in [1.54, 1.807) is 0 Å². The highest BCUT2D eigenvalue weighted by molar-refractivity contribution is 5.49. The number of para-hydroxylation sites is 1. The largest absolute Gasteiger partial charge is 0.494 e. The average Bonchev–Trinajstić information content (AvgIpc) is 2.62. The van der Waals surface area contributed by atoms with Gasteiger partial charge in [-0.2, -0.15) is 0 Å². The quantitative estimate of drug-likeness (QED) is 0.540. The van der Waals surface area contributed by atoms with Gasteiger partial charge >= 0.3 is 0 Å². The molecule has 0 saturated heterocycles. The first-order chi connectivity index (χ1) is 11.8. The molecule has 3 nitrogen and oxygen atoms in total. The highest BCUT2D eigenvalue weighted by Gasteiger charge is 2.03. The van der Waals surface area contributed by atoms with Crippen LogP contribution in [0, 0.1) is 0 Å². The number of unbranched alkanes of at least 4 members (excludes halogenated alkanes) is 2. The van der Waals surface area contributed by atoms with Crippen LogP contribution in [0.25, 0.3) is 0 Å². The molecule has 0 amide bonds. The lowest BCUT2D eigenvalue weighted by Gasteiger charge is -2.13. The molecule has 0 bridgehead atoms. The van der Waals surface area contributed by atoms with Gasteiger partial charge in [0.25, 0.3) is 0 Å². The molecular weight excluding hydrogens is 298 g/mol. The van der Waals surface area contributed by atoms with E-state index in [1.165, 1.54) is 5.56 Å². The fraction of sp³-hybridized carbons (Fsp3) is 0.429. The third-order valence-electron chi connectivity index (χ3n) is 3.81. The molecule has 2 rings (SSSR count). The summed E-state index contributed by atoms with van der Waals surface area (Å²) in [7, 11) is 0. The lowest BCUT2D eigenvalue weighted by Crippen LogP contribution is -2.04. The van der Waals surface area contributed by atoms with Gasteiger partial charge in [-0.25, -0.2) is 0 Å². The summed E-state index contributed by atoms with van der Waals surface area (Å²) in [6.45, 7) is 6.62. The average molecular weight is 327 g/mol. The lowest BCUT2D eigenvalue weighted by molar-refractivity contribution is 0.306. The first-order valence-corrected chi connectivity index (χ1v) is 9.01. The Kier molecular flexibility index (Phi) is 8.02. The molecule has 0 aliphatic carbocycles. The van der Waals surface area contributed by atoms with Crippen molar-refractivity contribution in [2.45, 2.75) is 46.1 Å². The molecular formula is C21H29NO2. The Bertz CT molecular complexity index is 598. The molecule has 0 spiro atoms. The molecule has 0 aliphatic heterocycles. The molecule has 24 heavy (non-hydrogen) atoms. The van der Waals surface area contributed by atoms with E-state index in [9.17, 15) is 0 Å². The van der Waals surface area contributed by atoms with Crippen molar-refractivity contribution in [2.24, 2.45) is 0 Å². The molecule has 0 radical (unpaired) electrons. The fourth-order valence-corrected chi connectivity index (χ4v) is 2.34. The van der Waals surface area contributed by atoms with Gasteiger partial charge in [0.1, 0.15) is 11.5 Å². The Balaban J connectivity index is 1.92. The zero-order chi connectivity index (χ0) is 17.0. The van der Waals surface area contributed by atoms with Gasteiger partial charge in [0.2, 0.25) is 0 Å². The van der Waals surface area contributed by atoms with Crippen LogP contribution in [0.4, 0.5) is 5.69 Å². The van der Waals surface area contributed by atoms with Crippen molar-refractivity contribution in [2.75, 3.05) is 18.5 Å². The number of nitrogens with one attached hydrogen (secondary N) is 1. The topological polar surface area (TPSA) is 30.5 Å². The minimum atomic E-state index is 0.737. The summed E-state index contributed by atoms with van der Waals surface area (Å²) in [5.74, 6) is 1.88. The zero-order valence-electron chi connectivity index (χ0n) is 14.9. The van der Waals surface area contributed by atoms with Crippen molar-refractivity contribution < 1.29 is 9.47 Å². The number of ether oxygens (including phenoxy) is 2. The Labute approximate surface area is 146 Å². The molecule has 0 unspecified atom stereocenters. The Morgan fingerprint density at radius 2 is 1.58 bits per heavy atom. The Morgan fingerprint density at radius 3 is 2.38 bits per heavy atom. The Hall–Kier alpha value is -2.16. The van der Waals surface area contributed by atoms with Crippen LogP contribution in [-0.4, -0.2) is 13.2 Å². The van der Waals surface area contributed by atoms with E-state index in [0.29, 0.717) is 0 Å². The van der Waals surface area contributed by atoms with Crippen LogP contribution in [0.1, 0.15) is 45.1 Å². The van der Waals surface area contributed by atoms with Crippen molar-refractivity contribution in [3.05, 3.63) is 54.1 Å². The van der Waals surface area contributed by atoms with E-state index in [4.69, 9.17) is 9.47 Å². The minimum Gasteiger partial charge on any atom is -0.494 e. The summed E-state index contributed by atoms with van der Waals surface area (Å²) in [6.07, 6.45) is 4.46. The van der Waals surface area contributed by atoms with Gasteiger partial charge in [-0.15, -0.1) is 0 Å². The van der Waals surface area contributed by atoms with Crippen LogP contribution < -0.4 is 14.8 Å². The summed E-state index contributed by atoms with van der Waals surface area (Å²) >= 11 is 0. The first-order valence-electron chi connectivity index (χ1n) is 9.01. The van der Waals surface area contributed by atoms with E-state index in [1.807, 2.05) is 30.3 Å². The molecule has 0 saturated carbocycles. The standard InChI is InChI=1S/C21H29NO2/c1-3-5-14-23-20-12-9-11-19(16-20)22-17-18-10-7-8-13-21(18)24-15-6-4-2/h7-13,16,22H,3-6,14-15,17H2,1-2H3. The van der Waals surface area contributed by atoms with Gasteiger partial charge in [-0.1, -0.05) is 51.0 Å². The maximum Gasteiger partial charge on any atom is 0.124 e. The van der Waals surface area contributed by atoms with Crippen LogP contribution in [-0.2, 0) is 6.54 Å². The molecule has 2 aromatic carbocycles. The van der Waals surface area contributed by atoms with Crippen LogP contribution >= 0.6 is 0 Å². The highest BCUT2D eigenvalue weighted by Crippen LogP contribution is 2.22. The van der Waals surface area contributed by atoms with E-state index in [-0.39, 0.29) is 0 Å². The van der Waals surface area contributed by atoms with E-state index in [0.717, 1.165) is 62.6 Å². The smallest absolute Gasteiger partial charge is 0.124 e. The number of anilines is 1. The lowest BCUT2D eigenvalue weighted by atomic mass is 10.2. The van der Waals surface area contributed by atoms with Crippen molar-refractivity contribution in [1.82, 2.24) is 0 Å². The predicted molar refractivity (Wildman–Crippen MR) is 101 cm³/mol. The molecule has 1 N–H and O–H groups in total. The predicted octanol–water partition coefficient (Wildman–Crippen LogP) is 5.66. The second-order valence-corrected chi connectivity index (χ2v) is 5.89. The van der Waals surface area contributed by atoms with Crippen LogP contribution in [0.5, 0.6) is 11.5 Å². The number of hydrogen-bond acceptors (Lipinski definition) is 3. The van der Waals surface area contributed by atoms with Gasteiger partial charge in [0, 0.05) is 23.9 Å². The molecule has 0 fully saturated rings. The summed E-state index contributed by atoms with van der Waals surface area (Å²) in [5.41, 5.74) is 2.23. The van der Waals surface area contributed by atoms with Crippen LogP contribution in [0.15, 0.2) is 48.5 Å². The third kappa shape index (κ3) is 6.15. The number of benzene rings is 2. The maximum atomic E-state index is 5.89. The SMILES string of the molecule is CCCCOc1cccc(NCc2ccccc2OCCCC)c1. The van der Waals surface area contributed by atoms with Crippen LogP contribution in [0.2, 0.25) is 0 Å². The molecule has 0 heterocycles. The molecule has 130 valence electrons. The highest BCUT2D eigenvalue weighted by atomic mass is 16.5. The van der Waals surface area contributed by atoms with Gasteiger partial charge < -0.3 is 14.8 Å². The van der Waals surface area contributed by atoms with Crippen molar-refractivity contribution in [1.29, 1.82) is 0 Å². The first kappa shape index (κ1) is 18.2. The summed E-state index contributed by atoms with van der Waals surface area (Å²) in [5, 5.41) is 3.46. The fourth-order valence-electron chi connectivity index (χ4n) is 2.34.